The summed E-state index contributed by atoms with van der Waals surface area (Å²) in [6.45, 7) is 2.30. The van der Waals surface area contributed by atoms with E-state index in [9.17, 15) is 4.79 Å². The van der Waals surface area contributed by atoms with Crippen LogP contribution in [0.3, 0.4) is 0 Å². The van der Waals surface area contributed by atoms with Crippen LogP contribution in [0.15, 0.2) is 30.3 Å². The minimum absolute atomic E-state index is 0.161. The lowest BCUT2D eigenvalue weighted by molar-refractivity contribution is -0.275. The van der Waals surface area contributed by atoms with E-state index in [2.05, 4.69) is 12.1 Å². The van der Waals surface area contributed by atoms with E-state index in [1.807, 2.05) is 18.2 Å². The molecule has 0 aromatic heterocycles. The van der Waals surface area contributed by atoms with Gasteiger partial charge in [-0.1, -0.05) is 30.3 Å². The Labute approximate surface area is 167 Å². The number of carbonyl (C=O) groups is 1. The summed E-state index contributed by atoms with van der Waals surface area (Å²) in [5.41, 5.74) is 7.16. The van der Waals surface area contributed by atoms with Crippen molar-refractivity contribution in [1.29, 1.82) is 0 Å². The molecule has 0 radical (unpaired) electrons. The summed E-state index contributed by atoms with van der Waals surface area (Å²) < 4.78 is 22.5. The van der Waals surface area contributed by atoms with Crippen molar-refractivity contribution in [2.24, 2.45) is 5.73 Å². The topological polar surface area (TPSA) is 80.0 Å². The second-order valence-electron chi connectivity index (χ2n) is 6.82. The number of nitrogens with two attached hydrogens (primary N) is 1. The number of ether oxygens (including phenoxy) is 4. The van der Waals surface area contributed by atoms with Crippen molar-refractivity contribution >= 4 is 29.4 Å². The van der Waals surface area contributed by atoms with Crippen molar-refractivity contribution < 1.29 is 23.7 Å². The fourth-order valence-corrected chi connectivity index (χ4v) is 7.44. The van der Waals surface area contributed by atoms with Crippen LogP contribution in [-0.4, -0.2) is 54.2 Å². The normalized spacial score (nSPS) is 31.2. The number of benzene rings is 1. The van der Waals surface area contributed by atoms with Gasteiger partial charge in [0.05, 0.1) is 26.4 Å². The molecule has 3 aliphatic rings. The highest BCUT2D eigenvalue weighted by Crippen LogP contribution is 2.62. The quantitative estimate of drug-likeness (QED) is 0.771. The minimum atomic E-state index is -1.06. The number of carbonyl (C=O) groups excluding carboxylic acids is 1. The van der Waals surface area contributed by atoms with Crippen molar-refractivity contribution in [3.63, 3.8) is 0 Å². The molecule has 3 saturated heterocycles. The van der Waals surface area contributed by atoms with Crippen LogP contribution in [0.4, 0.5) is 0 Å². The van der Waals surface area contributed by atoms with Crippen molar-refractivity contribution in [2.75, 3.05) is 32.2 Å². The Morgan fingerprint density at radius 2 is 1.81 bits per heavy atom. The maximum atomic E-state index is 12.8. The van der Waals surface area contributed by atoms with Crippen LogP contribution in [0.25, 0.3) is 0 Å². The molecule has 3 fully saturated rings. The van der Waals surface area contributed by atoms with Crippen LogP contribution >= 0.6 is 23.5 Å². The molecule has 148 valence electrons. The zero-order valence-electron chi connectivity index (χ0n) is 15.1. The van der Waals surface area contributed by atoms with Gasteiger partial charge in [-0.2, -0.15) is 0 Å². The van der Waals surface area contributed by atoms with Gasteiger partial charge in [0.25, 0.3) is 0 Å². The fraction of sp³-hybridized carbons (Fsp3) is 0.632. The average molecular weight is 412 g/mol. The Morgan fingerprint density at radius 3 is 2.48 bits per heavy atom. The first kappa shape index (κ1) is 19.5. The van der Waals surface area contributed by atoms with Gasteiger partial charge in [-0.25, -0.2) is 0 Å². The second-order valence-corrected chi connectivity index (χ2v) is 9.73. The van der Waals surface area contributed by atoms with Gasteiger partial charge in [0, 0.05) is 23.8 Å². The monoisotopic (exact) mass is 411 g/mol. The smallest absolute Gasteiger partial charge is 0.249 e. The number of primary amides is 1. The largest absolute Gasteiger partial charge is 0.368 e. The van der Waals surface area contributed by atoms with E-state index in [0.717, 1.165) is 12.2 Å². The van der Waals surface area contributed by atoms with Gasteiger partial charge in [-0.3, -0.25) is 4.79 Å². The van der Waals surface area contributed by atoms with Crippen LogP contribution in [0, 0.1) is 0 Å². The SMILES string of the molecule is NC(=O)[C@]1(C2(CCC3OCCO3)OCCCO2)SCC(c2ccccc2)S1. The van der Waals surface area contributed by atoms with Crippen LogP contribution in [-0.2, 0) is 23.7 Å². The Hall–Kier alpha value is -0.770. The van der Waals surface area contributed by atoms with Crippen molar-refractivity contribution in [2.45, 2.75) is 40.7 Å². The first-order chi connectivity index (χ1) is 13.2. The molecule has 4 rings (SSSR count). The molecule has 0 bridgehead atoms. The number of hydrogen-bond donors (Lipinski definition) is 1. The molecule has 1 aromatic rings. The van der Waals surface area contributed by atoms with E-state index in [-0.39, 0.29) is 11.5 Å². The summed E-state index contributed by atoms with van der Waals surface area (Å²) in [4.78, 5) is 12.8. The molecule has 8 heteroatoms. The first-order valence-electron chi connectivity index (χ1n) is 9.33. The van der Waals surface area contributed by atoms with Crippen LogP contribution in [0.2, 0.25) is 0 Å². The van der Waals surface area contributed by atoms with Crippen molar-refractivity contribution in [1.82, 2.24) is 0 Å². The Bertz CT molecular complexity index is 649. The lowest BCUT2D eigenvalue weighted by Gasteiger charge is -2.47. The van der Waals surface area contributed by atoms with Crippen LogP contribution in [0.5, 0.6) is 0 Å². The highest BCUT2D eigenvalue weighted by Gasteiger charge is 2.63. The number of hydrogen-bond acceptors (Lipinski definition) is 7. The van der Waals surface area contributed by atoms with Gasteiger partial charge in [0.15, 0.2) is 10.4 Å². The first-order valence-corrected chi connectivity index (χ1v) is 11.2. The molecule has 6 nitrogen and oxygen atoms in total. The molecule has 27 heavy (non-hydrogen) atoms. The Morgan fingerprint density at radius 1 is 1.11 bits per heavy atom. The summed E-state index contributed by atoms with van der Waals surface area (Å²) in [6.07, 6.45) is 1.64. The molecule has 1 unspecified atom stereocenters. The third kappa shape index (κ3) is 3.75. The van der Waals surface area contributed by atoms with E-state index < -0.39 is 15.8 Å². The highest BCUT2D eigenvalue weighted by molar-refractivity contribution is 8.22. The molecular formula is C19H25NO5S2. The standard InChI is InChI=1S/C19H25NO5S2/c20-17(21)19(26-13-15(27-19)14-5-2-1-3-6-14)18(24-9-4-10-25-18)8-7-16-22-11-12-23-16/h1-3,5-6,15-16H,4,7-13H2,(H2,20,21)/t15?,19-/m0/s1. The number of rotatable bonds is 6. The van der Waals surface area contributed by atoms with E-state index in [0.29, 0.717) is 39.3 Å². The predicted molar refractivity (Wildman–Crippen MR) is 105 cm³/mol. The molecule has 3 aliphatic heterocycles. The number of amides is 1. The van der Waals surface area contributed by atoms with Gasteiger partial charge in [-0.05, 0) is 12.0 Å². The molecular weight excluding hydrogens is 386 g/mol. The van der Waals surface area contributed by atoms with Crippen molar-refractivity contribution in [3.8, 4) is 0 Å². The van der Waals surface area contributed by atoms with Crippen LogP contribution < -0.4 is 5.73 Å². The van der Waals surface area contributed by atoms with E-state index in [4.69, 9.17) is 24.7 Å². The van der Waals surface area contributed by atoms with Gasteiger partial charge in [0.1, 0.15) is 0 Å². The summed E-state index contributed by atoms with van der Waals surface area (Å²) >= 11 is 3.11. The summed E-state index contributed by atoms with van der Waals surface area (Å²) in [5.74, 6) is -0.681. The third-order valence-electron chi connectivity index (χ3n) is 5.10. The zero-order valence-corrected chi connectivity index (χ0v) is 16.8. The van der Waals surface area contributed by atoms with Gasteiger partial charge in [-0.15, -0.1) is 23.5 Å². The molecule has 2 atom stereocenters. The predicted octanol–water partition coefficient (Wildman–Crippen LogP) is 2.68. The maximum absolute atomic E-state index is 12.8. The van der Waals surface area contributed by atoms with E-state index in [1.165, 1.54) is 5.56 Å². The summed E-state index contributed by atoms with van der Waals surface area (Å²) in [6, 6.07) is 10.2. The maximum Gasteiger partial charge on any atom is 0.249 e. The molecule has 0 aliphatic carbocycles. The van der Waals surface area contributed by atoms with Gasteiger partial charge >= 0.3 is 0 Å². The fourth-order valence-electron chi connectivity index (χ4n) is 3.77. The molecule has 1 amide bonds. The number of thioether (sulfide) groups is 2. The Balaban J connectivity index is 1.59. The molecule has 0 spiro atoms. The lowest BCUT2D eigenvalue weighted by atomic mass is 10.0. The highest BCUT2D eigenvalue weighted by atomic mass is 32.2. The van der Waals surface area contributed by atoms with Gasteiger partial charge in [0.2, 0.25) is 11.7 Å². The average Bonchev–Trinajstić information content (AvgIpc) is 3.39. The third-order valence-corrected chi connectivity index (χ3v) is 8.94. The molecule has 1 aromatic carbocycles. The molecule has 2 N–H and O–H groups in total. The Kier molecular flexibility index (Phi) is 6.01. The summed E-state index contributed by atoms with van der Waals surface area (Å²) in [5, 5.41) is 0.161. The second kappa shape index (κ2) is 8.31. The molecule has 0 saturated carbocycles. The minimum Gasteiger partial charge on any atom is -0.368 e. The van der Waals surface area contributed by atoms with Gasteiger partial charge < -0.3 is 24.7 Å². The van der Waals surface area contributed by atoms with Crippen molar-refractivity contribution in [3.05, 3.63) is 35.9 Å². The van der Waals surface area contributed by atoms with E-state index >= 15 is 0 Å². The van der Waals surface area contributed by atoms with Crippen LogP contribution in [0.1, 0.15) is 30.1 Å². The lowest BCUT2D eigenvalue weighted by Crippen LogP contribution is -2.61. The zero-order chi connectivity index (χ0) is 18.7. The van der Waals surface area contributed by atoms with E-state index in [1.54, 1.807) is 23.5 Å². The molecule has 3 heterocycles. The summed E-state index contributed by atoms with van der Waals surface area (Å²) in [7, 11) is 0.